The van der Waals surface area contributed by atoms with Crippen molar-refractivity contribution in [2.75, 3.05) is 13.1 Å². The average Bonchev–Trinajstić information content (AvgIpc) is 3.07. The number of aromatic nitrogens is 2. The fourth-order valence-corrected chi connectivity index (χ4v) is 1.98. The first-order valence-corrected chi connectivity index (χ1v) is 7.68. The molecule has 1 atom stereocenters. The SMILES string of the molecule is CC(CNC(=O)NCCCC(=O)O)c1nc(-c2ccccc2)no1. The molecule has 1 aromatic carbocycles. The summed E-state index contributed by atoms with van der Waals surface area (Å²) in [5.41, 5.74) is 0.865. The van der Waals surface area contributed by atoms with E-state index in [1.807, 2.05) is 37.3 Å². The molecule has 0 spiro atoms. The summed E-state index contributed by atoms with van der Waals surface area (Å²) < 4.78 is 5.24. The zero-order valence-electron chi connectivity index (χ0n) is 13.4. The van der Waals surface area contributed by atoms with Gasteiger partial charge < -0.3 is 20.3 Å². The second-order valence-electron chi connectivity index (χ2n) is 5.36. The van der Waals surface area contributed by atoms with Gasteiger partial charge >= 0.3 is 12.0 Å². The number of carbonyl (C=O) groups excluding carboxylic acids is 1. The van der Waals surface area contributed by atoms with Crippen LogP contribution in [0.4, 0.5) is 4.79 Å². The maximum Gasteiger partial charge on any atom is 0.314 e. The number of hydrogen-bond donors (Lipinski definition) is 3. The summed E-state index contributed by atoms with van der Waals surface area (Å²) in [6.45, 7) is 2.51. The van der Waals surface area contributed by atoms with Crippen molar-refractivity contribution in [2.24, 2.45) is 0 Å². The Morgan fingerprint density at radius 1 is 1.25 bits per heavy atom. The fourth-order valence-electron chi connectivity index (χ4n) is 1.98. The normalized spacial score (nSPS) is 11.7. The van der Waals surface area contributed by atoms with E-state index in [4.69, 9.17) is 9.63 Å². The number of carboxylic acid groups (broad SMARTS) is 1. The minimum atomic E-state index is -0.878. The summed E-state index contributed by atoms with van der Waals surface area (Å²) in [6.07, 6.45) is 0.420. The average molecular weight is 332 g/mol. The van der Waals surface area contributed by atoms with Gasteiger partial charge in [0, 0.05) is 25.1 Å². The van der Waals surface area contributed by atoms with Crippen LogP contribution >= 0.6 is 0 Å². The Morgan fingerprint density at radius 3 is 2.71 bits per heavy atom. The van der Waals surface area contributed by atoms with Crippen molar-refractivity contribution in [1.29, 1.82) is 0 Å². The molecule has 0 radical (unpaired) electrons. The molecular weight excluding hydrogens is 312 g/mol. The molecule has 1 unspecified atom stereocenters. The molecule has 0 bridgehead atoms. The van der Waals surface area contributed by atoms with Gasteiger partial charge in [-0.1, -0.05) is 42.4 Å². The van der Waals surface area contributed by atoms with Gasteiger partial charge in [-0.15, -0.1) is 0 Å². The van der Waals surface area contributed by atoms with Crippen molar-refractivity contribution in [3.05, 3.63) is 36.2 Å². The van der Waals surface area contributed by atoms with Crippen LogP contribution in [0.15, 0.2) is 34.9 Å². The topological polar surface area (TPSA) is 117 Å². The maximum absolute atomic E-state index is 11.6. The van der Waals surface area contributed by atoms with Crippen molar-refractivity contribution in [2.45, 2.75) is 25.7 Å². The molecule has 24 heavy (non-hydrogen) atoms. The van der Waals surface area contributed by atoms with Gasteiger partial charge in [-0.3, -0.25) is 4.79 Å². The summed E-state index contributed by atoms with van der Waals surface area (Å²) in [6, 6.07) is 9.13. The van der Waals surface area contributed by atoms with Crippen molar-refractivity contribution < 1.29 is 19.2 Å². The molecule has 0 fully saturated rings. The van der Waals surface area contributed by atoms with E-state index >= 15 is 0 Å². The van der Waals surface area contributed by atoms with Crippen LogP contribution in [-0.4, -0.2) is 40.3 Å². The maximum atomic E-state index is 11.6. The monoisotopic (exact) mass is 332 g/mol. The molecule has 3 N–H and O–H groups in total. The number of rotatable bonds is 8. The zero-order valence-corrected chi connectivity index (χ0v) is 13.4. The lowest BCUT2D eigenvalue weighted by Gasteiger charge is -2.09. The first kappa shape index (κ1) is 17.5. The van der Waals surface area contributed by atoms with E-state index in [0.717, 1.165) is 5.56 Å². The predicted octanol–water partition coefficient (Wildman–Crippen LogP) is 2.00. The lowest BCUT2D eigenvalue weighted by atomic mass is 10.2. The molecule has 1 heterocycles. The lowest BCUT2D eigenvalue weighted by molar-refractivity contribution is -0.137. The van der Waals surface area contributed by atoms with E-state index in [1.54, 1.807) is 0 Å². The number of carboxylic acids is 1. The molecule has 2 rings (SSSR count). The second kappa shape index (κ2) is 8.66. The Kier molecular flexibility index (Phi) is 6.30. The van der Waals surface area contributed by atoms with Crippen molar-refractivity contribution in [1.82, 2.24) is 20.8 Å². The molecule has 2 amide bonds. The quantitative estimate of drug-likeness (QED) is 0.637. The summed E-state index contributed by atoms with van der Waals surface area (Å²) in [5.74, 6) is -0.0632. The van der Waals surface area contributed by atoms with Crippen LogP contribution in [0.1, 0.15) is 31.6 Å². The van der Waals surface area contributed by atoms with E-state index in [9.17, 15) is 9.59 Å². The smallest absolute Gasteiger partial charge is 0.314 e. The standard InChI is InChI=1S/C16H20N4O4/c1-11(10-18-16(23)17-9-5-8-13(21)22)15-19-14(20-24-15)12-6-3-2-4-7-12/h2-4,6-7,11H,5,8-10H2,1H3,(H,21,22)(H2,17,18,23). The van der Waals surface area contributed by atoms with Gasteiger partial charge in [0.25, 0.3) is 0 Å². The van der Waals surface area contributed by atoms with E-state index in [1.165, 1.54) is 0 Å². The minimum Gasteiger partial charge on any atom is -0.481 e. The van der Waals surface area contributed by atoms with Gasteiger partial charge in [0.2, 0.25) is 11.7 Å². The first-order chi connectivity index (χ1) is 11.6. The Balaban J connectivity index is 1.76. The molecule has 8 heteroatoms. The van der Waals surface area contributed by atoms with Crippen LogP contribution in [0.2, 0.25) is 0 Å². The molecule has 1 aromatic heterocycles. The molecule has 8 nitrogen and oxygen atoms in total. The molecule has 0 aliphatic rings. The van der Waals surface area contributed by atoms with E-state index < -0.39 is 5.97 Å². The van der Waals surface area contributed by atoms with Gasteiger partial charge in [-0.05, 0) is 6.42 Å². The first-order valence-electron chi connectivity index (χ1n) is 7.68. The molecule has 0 aliphatic carbocycles. The summed E-state index contributed by atoms with van der Waals surface area (Å²) in [7, 11) is 0. The van der Waals surface area contributed by atoms with Gasteiger partial charge in [0.1, 0.15) is 0 Å². The Bertz CT molecular complexity index is 672. The minimum absolute atomic E-state index is 0.0287. The predicted molar refractivity (Wildman–Crippen MR) is 86.4 cm³/mol. The van der Waals surface area contributed by atoms with Crippen molar-refractivity contribution in [3.8, 4) is 11.4 Å². The van der Waals surface area contributed by atoms with Crippen molar-refractivity contribution in [3.63, 3.8) is 0 Å². The van der Waals surface area contributed by atoms with Gasteiger partial charge in [-0.25, -0.2) is 4.79 Å². The zero-order chi connectivity index (χ0) is 17.4. The van der Waals surface area contributed by atoms with Crippen LogP contribution in [0.25, 0.3) is 11.4 Å². The highest BCUT2D eigenvalue weighted by atomic mass is 16.5. The number of nitrogens with zero attached hydrogens (tertiary/aromatic N) is 2. The number of nitrogens with one attached hydrogen (secondary N) is 2. The number of hydrogen-bond acceptors (Lipinski definition) is 5. The summed E-state index contributed by atoms with van der Waals surface area (Å²) >= 11 is 0. The number of amides is 2. The fraction of sp³-hybridized carbons (Fsp3) is 0.375. The van der Waals surface area contributed by atoms with Crippen LogP contribution in [-0.2, 0) is 4.79 Å². The van der Waals surface area contributed by atoms with E-state index in [-0.39, 0.29) is 18.4 Å². The molecule has 0 aliphatic heterocycles. The molecule has 128 valence electrons. The number of urea groups is 1. The number of aliphatic carboxylic acids is 1. The highest BCUT2D eigenvalue weighted by Crippen LogP contribution is 2.18. The Morgan fingerprint density at radius 2 is 2.00 bits per heavy atom. The van der Waals surface area contributed by atoms with E-state index in [2.05, 4.69) is 20.8 Å². The molecule has 0 saturated carbocycles. The molecule has 0 saturated heterocycles. The van der Waals surface area contributed by atoms with Crippen LogP contribution in [0.5, 0.6) is 0 Å². The third-order valence-electron chi connectivity index (χ3n) is 3.32. The highest BCUT2D eigenvalue weighted by Gasteiger charge is 2.16. The number of carbonyl (C=O) groups is 2. The van der Waals surface area contributed by atoms with Gasteiger partial charge in [0.15, 0.2) is 0 Å². The Hall–Kier alpha value is -2.90. The largest absolute Gasteiger partial charge is 0.481 e. The second-order valence-corrected chi connectivity index (χ2v) is 5.36. The molecule has 2 aromatic rings. The van der Waals surface area contributed by atoms with Crippen LogP contribution in [0.3, 0.4) is 0 Å². The van der Waals surface area contributed by atoms with Gasteiger partial charge in [-0.2, -0.15) is 4.98 Å². The van der Waals surface area contributed by atoms with E-state index in [0.29, 0.717) is 31.2 Å². The number of benzene rings is 1. The highest BCUT2D eigenvalue weighted by molar-refractivity contribution is 5.74. The molecular formula is C16H20N4O4. The summed E-state index contributed by atoms with van der Waals surface area (Å²) in [4.78, 5) is 26.3. The van der Waals surface area contributed by atoms with Crippen molar-refractivity contribution >= 4 is 12.0 Å². The Labute approximate surface area is 139 Å². The summed E-state index contributed by atoms with van der Waals surface area (Å²) in [5, 5.41) is 17.7. The van der Waals surface area contributed by atoms with Gasteiger partial charge in [0.05, 0.1) is 5.92 Å². The third-order valence-corrected chi connectivity index (χ3v) is 3.32. The van der Waals surface area contributed by atoms with Crippen LogP contribution < -0.4 is 10.6 Å². The third kappa shape index (κ3) is 5.38. The van der Waals surface area contributed by atoms with Crippen LogP contribution in [0, 0.1) is 0 Å². The lowest BCUT2D eigenvalue weighted by Crippen LogP contribution is -2.38.